The summed E-state index contributed by atoms with van der Waals surface area (Å²) in [6, 6.07) is 20.2. The fourth-order valence-electron chi connectivity index (χ4n) is 3.73. The summed E-state index contributed by atoms with van der Waals surface area (Å²) in [5, 5.41) is 3.56. The van der Waals surface area contributed by atoms with Gasteiger partial charge in [0.1, 0.15) is 12.6 Å². The minimum absolute atomic E-state index is 0.0374. The summed E-state index contributed by atoms with van der Waals surface area (Å²) in [7, 11) is -2.61. The predicted octanol–water partition coefficient (Wildman–Crippen LogP) is 4.74. The minimum atomic E-state index is -4.11. The molecule has 3 rings (SSSR count). The normalized spacial score (nSPS) is 12.0. The average Bonchev–Trinajstić information content (AvgIpc) is 2.89. The Kier molecular flexibility index (Phi) is 9.37. The summed E-state index contributed by atoms with van der Waals surface area (Å²) >= 11 is 12.0. The van der Waals surface area contributed by atoms with Gasteiger partial charge < -0.3 is 10.2 Å². The van der Waals surface area contributed by atoms with Crippen molar-refractivity contribution in [2.45, 2.75) is 30.8 Å². The molecule has 0 aliphatic rings. The summed E-state index contributed by atoms with van der Waals surface area (Å²) in [6.07, 6.45) is 0.339. The molecule has 0 aliphatic heterocycles. The number of carbonyl (C=O) groups is 2. The molecule has 1 atom stereocenters. The van der Waals surface area contributed by atoms with E-state index in [1.807, 2.05) is 0 Å². The van der Waals surface area contributed by atoms with Crippen molar-refractivity contribution >= 4 is 50.7 Å². The molecule has 0 aliphatic carbocycles. The number of anilines is 1. The van der Waals surface area contributed by atoms with E-state index in [2.05, 4.69) is 5.32 Å². The summed E-state index contributed by atoms with van der Waals surface area (Å²) in [6.45, 7) is 1.38. The number of nitrogens with zero attached hydrogens (tertiary/aromatic N) is 2. The van der Waals surface area contributed by atoms with Gasteiger partial charge in [-0.15, -0.1) is 0 Å². The van der Waals surface area contributed by atoms with Gasteiger partial charge in [-0.3, -0.25) is 13.9 Å². The van der Waals surface area contributed by atoms with Crippen LogP contribution in [0.1, 0.15) is 18.9 Å². The van der Waals surface area contributed by atoms with Crippen LogP contribution in [0.15, 0.2) is 83.8 Å². The topological polar surface area (TPSA) is 86.8 Å². The lowest BCUT2D eigenvalue weighted by Gasteiger charge is -2.33. The van der Waals surface area contributed by atoms with Crippen molar-refractivity contribution < 1.29 is 18.0 Å². The Morgan fingerprint density at radius 3 is 1.97 bits per heavy atom. The highest BCUT2D eigenvalue weighted by Gasteiger charge is 2.33. The average molecular weight is 548 g/mol. The molecule has 1 N–H and O–H groups in total. The van der Waals surface area contributed by atoms with Crippen molar-refractivity contribution in [2.24, 2.45) is 0 Å². The number of nitrogens with one attached hydrogen (secondary N) is 1. The van der Waals surface area contributed by atoms with E-state index in [0.29, 0.717) is 16.5 Å². The molecule has 0 heterocycles. The van der Waals surface area contributed by atoms with Gasteiger partial charge in [0.05, 0.1) is 10.6 Å². The maximum atomic E-state index is 13.8. The van der Waals surface area contributed by atoms with E-state index in [-0.39, 0.29) is 23.0 Å². The Labute approximate surface area is 221 Å². The molecular weight excluding hydrogens is 521 g/mol. The molecule has 0 fully saturated rings. The van der Waals surface area contributed by atoms with Gasteiger partial charge in [-0.05, 0) is 60.5 Å². The van der Waals surface area contributed by atoms with E-state index in [1.54, 1.807) is 61.5 Å². The van der Waals surface area contributed by atoms with E-state index in [0.717, 1.165) is 9.87 Å². The molecule has 7 nitrogen and oxygen atoms in total. The van der Waals surface area contributed by atoms with Crippen LogP contribution in [0.2, 0.25) is 10.0 Å². The lowest BCUT2D eigenvalue weighted by atomic mass is 10.1. The van der Waals surface area contributed by atoms with Gasteiger partial charge >= 0.3 is 0 Å². The number of likely N-dealkylation sites (N-methyl/N-ethyl adjacent to an activating group) is 1. The quantitative estimate of drug-likeness (QED) is 0.397. The Bertz CT molecular complexity index is 1290. The monoisotopic (exact) mass is 547 g/mol. The first-order chi connectivity index (χ1) is 17.2. The molecule has 3 aromatic rings. The van der Waals surface area contributed by atoms with Crippen LogP contribution in [0.3, 0.4) is 0 Å². The van der Waals surface area contributed by atoms with Crippen LogP contribution in [0.25, 0.3) is 0 Å². The van der Waals surface area contributed by atoms with Crippen LogP contribution in [0.5, 0.6) is 0 Å². The molecule has 10 heteroatoms. The lowest BCUT2D eigenvalue weighted by molar-refractivity contribution is -0.140. The third kappa shape index (κ3) is 6.57. The number of halogens is 2. The van der Waals surface area contributed by atoms with E-state index < -0.39 is 28.5 Å². The van der Waals surface area contributed by atoms with Crippen LogP contribution in [-0.4, -0.2) is 44.8 Å². The van der Waals surface area contributed by atoms with Crippen LogP contribution in [-0.2, 0) is 26.2 Å². The number of rotatable bonds is 10. The van der Waals surface area contributed by atoms with E-state index in [9.17, 15) is 18.0 Å². The molecule has 0 saturated carbocycles. The van der Waals surface area contributed by atoms with E-state index in [1.165, 1.54) is 36.2 Å². The molecule has 190 valence electrons. The Morgan fingerprint density at radius 2 is 1.44 bits per heavy atom. The zero-order valence-electron chi connectivity index (χ0n) is 19.9. The second kappa shape index (κ2) is 12.3. The second-order valence-corrected chi connectivity index (χ2v) is 10.7. The first-order valence-corrected chi connectivity index (χ1v) is 13.5. The summed E-state index contributed by atoms with van der Waals surface area (Å²) in [5.74, 6) is -0.876. The third-order valence-corrected chi connectivity index (χ3v) is 7.92. The fourth-order valence-corrected chi connectivity index (χ4v) is 5.42. The van der Waals surface area contributed by atoms with Crippen LogP contribution < -0.4 is 9.62 Å². The summed E-state index contributed by atoms with van der Waals surface area (Å²) < 4.78 is 28.3. The number of hydrogen-bond acceptors (Lipinski definition) is 4. The van der Waals surface area contributed by atoms with Gasteiger partial charge in [0, 0.05) is 23.6 Å². The molecule has 2 amide bonds. The van der Waals surface area contributed by atoms with Crippen molar-refractivity contribution in [1.29, 1.82) is 0 Å². The van der Waals surface area contributed by atoms with Gasteiger partial charge in [0.15, 0.2) is 0 Å². The molecule has 0 bridgehead atoms. The van der Waals surface area contributed by atoms with Crippen molar-refractivity contribution in [2.75, 3.05) is 17.9 Å². The Morgan fingerprint density at radius 1 is 0.889 bits per heavy atom. The first kappa shape index (κ1) is 27.5. The zero-order chi connectivity index (χ0) is 26.3. The van der Waals surface area contributed by atoms with Crippen molar-refractivity contribution in [3.8, 4) is 0 Å². The fraction of sp³-hybridized carbons (Fsp3) is 0.231. The first-order valence-electron chi connectivity index (χ1n) is 11.3. The van der Waals surface area contributed by atoms with Crippen molar-refractivity contribution in [3.05, 3.63) is 94.5 Å². The van der Waals surface area contributed by atoms with Gasteiger partial charge in [-0.25, -0.2) is 8.42 Å². The number of carbonyl (C=O) groups excluding carboxylic acids is 2. The van der Waals surface area contributed by atoms with Crippen LogP contribution in [0.4, 0.5) is 5.69 Å². The molecule has 0 aromatic heterocycles. The number of sulfonamides is 1. The smallest absolute Gasteiger partial charge is 0.264 e. The second-order valence-electron chi connectivity index (χ2n) is 7.99. The maximum Gasteiger partial charge on any atom is 0.264 e. The molecule has 0 saturated heterocycles. The van der Waals surface area contributed by atoms with Crippen LogP contribution in [0, 0.1) is 0 Å². The number of amides is 2. The highest BCUT2D eigenvalue weighted by atomic mass is 35.5. The van der Waals surface area contributed by atoms with Gasteiger partial charge in [0.25, 0.3) is 10.0 Å². The lowest BCUT2D eigenvalue weighted by Crippen LogP contribution is -2.51. The van der Waals surface area contributed by atoms with Crippen LogP contribution >= 0.6 is 23.2 Å². The van der Waals surface area contributed by atoms with E-state index in [4.69, 9.17) is 23.2 Å². The molecular formula is C26H27Cl2N3O4S. The summed E-state index contributed by atoms with van der Waals surface area (Å²) in [4.78, 5) is 27.9. The van der Waals surface area contributed by atoms with Crippen molar-refractivity contribution in [3.63, 3.8) is 0 Å². The number of hydrogen-bond donors (Lipinski definition) is 1. The Hall–Kier alpha value is -3.07. The predicted molar refractivity (Wildman–Crippen MR) is 143 cm³/mol. The molecule has 0 spiro atoms. The van der Waals surface area contributed by atoms with Gasteiger partial charge in [0.2, 0.25) is 11.8 Å². The summed E-state index contributed by atoms with van der Waals surface area (Å²) in [5.41, 5.74) is 1.02. The highest BCUT2D eigenvalue weighted by molar-refractivity contribution is 7.92. The largest absolute Gasteiger partial charge is 0.357 e. The Balaban J connectivity index is 2.03. The maximum absolute atomic E-state index is 13.8. The van der Waals surface area contributed by atoms with Gasteiger partial charge in [-0.1, -0.05) is 60.5 Å². The SMILES string of the molecule is CC[C@@H](C(=O)NC)N(Cc1ccc(Cl)cc1)C(=O)CN(c1ccc(Cl)cc1)S(=O)(=O)c1ccccc1. The highest BCUT2D eigenvalue weighted by Crippen LogP contribution is 2.26. The van der Waals surface area contributed by atoms with Crippen molar-refractivity contribution in [1.82, 2.24) is 10.2 Å². The number of benzene rings is 3. The molecule has 3 aromatic carbocycles. The third-order valence-electron chi connectivity index (χ3n) is 5.62. The standard InChI is InChI=1S/C26H27Cl2N3O4S/c1-3-24(26(33)29-2)30(17-19-9-11-20(27)12-10-19)25(32)18-31(22-15-13-21(28)14-16-22)36(34,35)23-7-5-4-6-8-23/h4-16,24H,3,17-18H2,1-2H3,(H,29,33)/t24-/m0/s1. The van der Waals surface area contributed by atoms with E-state index >= 15 is 0 Å². The zero-order valence-corrected chi connectivity index (χ0v) is 22.2. The molecule has 36 heavy (non-hydrogen) atoms. The van der Waals surface area contributed by atoms with Gasteiger partial charge in [-0.2, -0.15) is 0 Å². The molecule has 0 unspecified atom stereocenters. The minimum Gasteiger partial charge on any atom is -0.357 e. The molecule has 0 radical (unpaired) electrons.